The van der Waals surface area contributed by atoms with Crippen molar-refractivity contribution < 1.29 is 4.79 Å². The molecule has 2 saturated carbocycles. The van der Waals surface area contributed by atoms with E-state index >= 15 is 0 Å². The summed E-state index contributed by atoms with van der Waals surface area (Å²) in [6, 6.07) is 0.961. The van der Waals surface area contributed by atoms with Crippen molar-refractivity contribution in [3.63, 3.8) is 0 Å². The number of rotatable bonds is 6. The molecular weight excluding hydrogens is 250 g/mol. The average Bonchev–Trinajstić information content (AvgIpc) is 3.21. The van der Waals surface area contributed by atoms with Gasteiger partial charge in [0.2, 0.25) is 5.91 Å². The van der Waals surface area contributed by atoms with Crippen molar-refractivity contribution in [1.29, 1.82) is 0 Å². The minimum absolute atomic E-state index is 0.156. The number of hydrogen-bond acceptors (Lipinski definition) is 3. The highest BCUT2D eigenvalue weighted by Crippen LogP contribution is 2.36. The van der Waals surface area contributed by atoms with E-state index in [1.54, 1.807) is 0 Å². The van der Waals surface area contributed by atoms with Crippen LogP contribution in [-0.4, -0.2) is 41.0 Å². The van der Waals surface area contributed by atoms with Gasteiger partial charge < -0.3 is 11.1 Å². The third kappa shape index (κ3) is 3.17. The van der Waals surface area contributed by atoms with Gasteiger partial charge in [0.15, 0.2) is 0 Å². The molecule has 2 aliphatic carbocycles. The number of primary amides is 1. The van der Waals surface area contributed by atoms with E-state index in [9.17, 15) is 4.79 Å². The van der Waals surface area contributed by atoms with Crippen LogP contribution < -0.4 is 11.1 Å². The normalized spacial score (nSPS) is 31.6. The third-order valence-corrected chi connectivity index (χ3v) is 5.62. The van der Waals surface area contributed by atoms with Crippen molar-refractivity contribution >= 4 is 5.91 Å². The smallest absolute Gasteiger partial charge is 0.237 e. The van der Waals surface area contributed by atoms with E-state index in [0.717, 1.165) is 25.7 Å². The molecule has 0 saturated heterocycles. The van der Waals surface area contributed by atoms with Crippen LogP contribution in [0.2, 0.25) is 0 Å². The summed E-state index contributed by atoms with van der Waals surface area (Å²) in [7, 11) is 2.20. The lowest BCUT2D eigenvalue weighted by Crippen LogP contribution is -2.62. The maximum atomic E-state index is 12.1. The number of nitrogens with one attached hydrogen (secondary N) is 1. The van der Waals surface area contributed by atoms with Gasteiger partial charge in [0, 0.05) is 17.6 Å². The predicted octanol–water partition coefficient (Wildman–Crippen LogP) is 2.03. The number of carbonyl (C=O) groups excluding carboxylic acids is 1. The molecule has 1 amide bonds. The Labute approximate surface area is 123 Å². The van der Waals surface area contributed by atoms with E-state index in [2.05, 4.69) is 38.0 Å². The monoisotopic (exact) mass is 281 g/mol. The largest absolute Gasteiger partial charge is 0.368 e. The lowest BCUT2D eigenvalue weighted by Gasteiger charge is -2.47. The Morgan fingerprint density at radius 2 is 2.05 bits per heavy atom. The van der Waals surface area contributed by atoms with Crippen molar-refractivity contribution in [2.24, 2.45) is 5.73 Å². The van der Waals surface area contributed by atoms with Crippen LogP contribution in [-0.2, 0) is 4.79 Å². The molecule has 0 aliphatic heterocycles. The lowest BCUT2D eigenvalue weighted by atomic mass is 9.76. The lowest BCUT2D eigenvalue weighted by molar-refractivity contribution is -0.127. The van der Waals surface area contributed by atoms with E-state index in [4.69, 9.17) is 5.73 Å². The summed E-state index contributed by atoms with van der Waals surface area (Å²) in [5, 5.41) is 3.56. The zero-order valence-electron chi connectivity index (χ0n) is 13.5. The summed E-state index contributed by atoms with van der Waals surface area (Å²) >= 11 is 0. The first kappa shape index (κ1) is 15.8. The number of carbonyl (C=O) groups is 1. The Morgan fingerprint density at radius 1 is 1.40 bits per heavy atom. The van der Waals surface area contributed by atoms with Crippen molar-refractivity contribution in [3.05, 3.63) is 0 Å². The highest BCUT2D eigenvalue weighted by Gasteiger charge is 2.46. The van der Waals surface area contributed by atoms with Gasteiger partial charge >= 0.3 is 0 Å². The number of hydrogen-bond donors (Lipinski definition) is 2. The third-order valence-electron chi connectivity index (χ3n) is 5.62. The van der Waals surface area contributed by atoms with E-state index in [1.165, 1.54) is 19.3 Å². The van der Waals surface area contributed by atoms with Crippen LogP contribution in [0.3, 0.4) is 0 Å². The fourth-order valence-electron chi connectivity index (χ4n) is 3.36. The fourth-order valence-corrected chi connectivity index (χ4v) is 3.36. The highest BCUT2D eigenvalue weighted by atomic mass is 16.1. The zero-order valence-corrected chi connectivity index (χ0v) is 13.5. The first-order valence-corrected chi connectivity index (χ1v) is 8.11. The van der Waals surface area contributed by atoms with Crippen LogP contribution in [0.4, 0.5) is 0 Å². The molecule has 2 aliphatic rings. The van der Waals surface area contributed by atoms with Gasteiger partial charge in [-0.05, 0) is 65.8 Å². The van der Waals surface area contributed by atoms with Crippen LogP contribution in [0.1, 0.15) is 65.7 Å². The first-order chi connectivity index (χ1) is 9.31. The molecule has 2 atom stereocenters. The van der Waals surface area contributed by atoms with Crippen LogP contribution in [0.25, 0.3) is 0 Å². The molecule has 2 unspecified atom stereocenters. The molecule has 2 rings (SSSR count). The second-order valence-electron chi connectivity index (χ2n) is 7.39. The van der Waals surface area contributed by atoms with Gasteiger partial charge in [-0.3, -0.25) is 9.69 Å². The quantitative estimate of drug-likeness (QED) is 0.783. The SMILES string of the molecule is CCC(C)(C)N(C)C1CCCC(NC2CC2)(C(N)=O)C1. The van der Waals surface area contributed by atoms with Gasteiger partial charge in [0.1, 0.15) is 0 Å². The molecule has 0 bridgehead atoms. The van der Waals surface area contributed by atoms with Gasteiger partial charge in [0.25, 0.3) is 0 Å². The van der Waals surface area contributed by atoms with E-state index in [-0.39, 0.29) is 11.4 Å². The summed E-state index contributed by atoms with van der Waals surface area (Å²) in [5.74, 6) is -0.156. The molecule has 0 aromatic heterocycles. The average molecular weight is 281 g/mol. The predicted molar refractivity (Wildman–Crippen MR) is 82.5 cm³/mol. The molecule has 4 nitrogen and oxygen atoms in total. The van der Waals surface area contributed by atoms with Gasteiger partial charge in [0.05, 0.1) is 5.54 Å². The topological polar surface area (TPSA) is 58.4 Å². The van der Waals surface area contributed by atoms with Gasteiger partial charge in [-0.15, -0.1) is 0 Å². The summed E-state index contributed by atoms with van der Waals surface area (Å²) < 4.78 is 0. The van der Waals surface area contributed by atoms with Crippen molar-refractivity contribution in [2.75, 3.05) is 7.05 Å². The molecule has 0 aromatic rings. The molecule has 0 aromatic carbocycles. The van der Waals surface area contributed by atoms with E-state index in [0.29, 0.717) is 12.1 Å². The molecule has 0 radical (unpaired) electrons. The van der Waals surface area contributed by atoms with Gasteiger partial charge in [-0.2, -0.15) is 0 Å². The molecule has 3 N–H and O–H groups in total. The highest BCUT2D eigenvalue weighted by molar-refractivity contribution is 5.85. The summed E-state index contributed by atoms with van der Waals surface area (Å²) in [4.78, 5) is 14.5. The minimum Gasteiger partial charge on any atom is -0.368 e. The Balaban J connectivity index is 2.10. The molecule has 2 fully saturated rings. The Bertz CT molecular complexity index is 365. The Kier molecular flexibility index (Phi) is 4.45. The van der Waals surface area contributed by atoms with Crippen LogP contribution in [0, 0.1) is 0 Å². The minimum atomic E-state index is -0.470. The number of nitrogens with two attached hydrogens (primary N) is 1. The summed E-state index contributed by atoms with van der Waals surface area (Å²) in [6.45, 7) is 6.78. The molecule has 116 valence electrons. The van der Waals surface area contributed by atoms with E-state index in [1.807, 2.05) is 0 Å². The van der Waals surface area contributed by atoms with Crippen molar-refractivity contribution in [1.82, 2.24) is 10.2 Å². The molecule has 4 heteroatoms. The second-order valence-corrected chi connectivity index (χ2v) is 7.39. The molecule has 0 spiro atoms. The first-order valence-electron chi connectivity index (χ1n) is 8.11. The second kappa shape index (κ2) is 5.64. The molecular formula is C16H31N3O. The Morgan fingerprint density at radius 3 is 2.55 bits per heavy atom. The Hall–Kier alpha value is -0.610. The van der Waals surface area contributed by atoms with Gasteiger partial charge in [-0.25, -0.2) is 0 Å². The standard InChI is InChI=1S/C16H31N3O/c1-5-15(2,3)19(4)13-7-6-10-16(11-13,14(17)20)18-12-8-9-12/h12-13,18H,5-11H2,1-4H3,(H2,17,20). The maximum Gasteiger partial charge on any atom is 0.237 e. The zero-order chi connectivity index (χ0) is 15.0. The van der Waals surface area contributed by atoms with Crippen LogP contribution in [0.15, 0.2) is 0 Å². The number of nitrogens with zero attached hydrogens (tertiary/aromatic N) is 1. The van der Waals surface area contributed by atoms with Crippen LogP contribution >= 0.6 is 0 Å². The van der Waals surface area contributed by atoms with Crippen molar-refractivity contribution in [3.8, 4) is 0 Å². The summed E-state index contributed by atoms with van der Waals surface area (Å²) in [5.41, 5.74) is 5.46. The molecule has 0 heterocycles. The maximum absolute atomic E-state index is 12.1. The van der Waals surface area contributed by atoms with Crippen LogP contribution in [0.5, 0.6) is 0 Å². The summed E-state index contributed by atoms with van der Waals surface area (Å²) in [6.07, 6.45) is 7.50. The van der Waals surface area contributed by atoms with E-state index < -0.39 is 5.54 Å². The number of amides is 1. The van der Waals surface area contributed by atoms with Gasteiger partial charge in [-0.1, -0.05) is 6.92 Å². The fraction of sp³-hybridized carbons (Fsp3) is 0.938. The van der Waals surface area contributed by atoms with Crippen molar-refractivity contribution in [2.45, 2.75) is 88.9 Å². The molecule has 20 heavy (non-hydrogen) atoms.